The minimum Gasteiger partial charge on any atom is -0.328 e. The Labute approximate surface area is 148 Å². The van der Waals surface area contributed by atoms with Gasteiger partial charge in [-0.2, -0.15) is 0 Å². The first-order valence-corrected chi connectivity index (χ1v) is 7.81. The van der Waals surface area contributed by atoms with E-state index in [1.54, 1.807) is 48.5 Å². The zero-order valence-electron chi connectivity index (χ0n) is 12.3. The topological polar surface area (TPSA) is 70.2 Å². The molecule has 1 aliphatic heterocycles. The van der Waals surface area contributed by atoms with E-state index in [2.05, 4.69) is 16.0 Å². The molecule has 0 spiro atoms. The normalized spacial score (nSPS) is 15.1. The first kappa shape index (κ1) is 16.2. The molecule has 2 aromatic rings. The Kier molecular flexibility index (Phi) is 4.59. The van der Waals surface area contributed by atoms with E-state index in [1.807, 2.05) is 6.07 Å². The van der Waals surface area contributed by atoms with Crippen LogP contribution in [0.1, 0.15) is 15.9 Å². The van der Waals surface area contributed by atoms with Crippen LogP contribution in [0.2, 0.25) is 5.02 Å². The maximum absolute atomic E-state index is 12.3. The quantitative estimate of drug-likeness (QED) is 0.583. The predicted molar refractivity (Wildman–Crippen MR) is 97.7 cm³/mol. The number of carbonyl (C=O) groups excluding carboxylic acids is 2. The molecule has 7 heteroatoms. The van der Waals surface area contributed by atoms with Crippen molar-refractivity contribution in [2.75, 3.05) is 5.32 Å². The Bertz CT molecular complexity index is 880. The van der Waals surface area contributed by atoms with Crippen LogP contribution < -0.4 is 16.0 Å². The second kappa shape index (κ2) is 6.82. The third-order valence-corrected chi connectivity index (χ3v) is 3.83. The number of hydrogen-bond acceptors (Lipinski definition) is 3. The molecule has 5 nitrogen and oxygen atoms in total. The number of hydrogen-bond donors (Lipinski definition) is 3. The van der Waals surface area contributed by atoms with Crippen LogP contribution in [0.25, 0.3) is 6.08 Å². The lowest BCUT2D eigenvalue weighted by molar-refractivity contribution is -0.115. The number of amides is 2. The van der Waals surface area contributed by atoms with Crippen LogP contribution in [0.15, 0.2) is 54.2 Å². The molecule has 0 saturated carbocycles. The number of carbonyl (C=O) groups is 2. The molecule has 2 amide bonds. The van der Waals surface area contributed by atoms with Crippen molar-refractivity contribution in [3.8, 4) is 0 Å². The predicted octanol–water partition coefficient (Wildman–Crippen LogP) is 2.94. The van der Waals surface area contributed by atoms with Crippen molar-refractivity contribution in [3.05, 3.63) is 70.4 Å². The lowest BCUT2D eigenvalue weighted by atomic mass is 10.1. The average molecular weight is 358 g/mol. The first-order chi connectivity index (χ1) is 11.5. The van der Waals surface area contributed by atoms with Gasteiger partial charge in [0.2, 0.25) is 0 Å². The molecule has 0 aromatic heterocycles. The van der Waals surface area contributed by atoms with Gasteiger partial charge in [0.05, 0.1) is 10.6 Å². The molecule has 1 aliphatic rings. The number of nitrogens with one attached hydrogen (secondary N) is 3. The van der Waals surface area contributed by atoms with Crippen LogP contribution in [-0.4, -0.2) is 16.9 Å². The molecule has 2 aromatic carbocycles. The summed E-state index contributed by atoms with van der Waals surface area (Å²) >= 11 is 10.9. The zero-order valence-corrected chi connectivity index (χ0v) is 13.9. The highest BCUT2D eigenvalue weighted by atomic mass is 35.5. The molecule has 1 saturated heterocycles. The van der Waals surface area contributed by atoms with E-state index in [0.29, 0.717) is 22.0 Å². The van der Waals surface area contributed by atoms with Crippen LogP contribution in [0.4, 0.5) is 5.69 Å². The Morgan fingerprint density at radius 3 is 2.62 bits per heavy atom. The molecule has 3 N–H and O–H groups in total. The van der Waals surface area contributed by atoms with E-state index in [1.165, 1.54) is 0 Å². The average Bonchev–Trinajstić information content (AvgIpc) is 2.85. The van der Waals surface area contributed by atoms with Crippen molar-refractivity contribution in [1.82, 2.24) is 10.6 Å². The maximum atomic E-state index is 12.3. The van der Waals surface area contributed by atoms with Crippen molar-refractivity contribution in [2.45, 2.75) is 0 Å². The van der Waals surface area contributed by atoms with Gasteiger partial charge in [-0.15, -0.1) is 0 Å². The highest BCUT2D eigenvalue weighted by molar-refractivity contribution is 7.80. The molecule has 0 bridgehead atoms. The van der Waals surface area contributed by atoms with E-state index in [-0.39, 0.29) is 16.9 Å². The molecule has 0 atom stereocenters. The number of benzene rings is 2. The van der Waals surface area contributed by atoms with E-state index < -0.39 is 0 Å². The van der Waals surface area contributed by atoms with Crippen molar-refractivity contribution in [3.63, 3.8) is 0 Å². The summed E-state index contributed by atoms with van der Waals surface area (Å²) in [5, 5.41) is 8.70. The van der Waals surface area contributed by atoms with Gasteiger partial charge in [-0.1, -0.05) is 35.9 Å². The van der Waals surface area contributed by atoms with Gasteiger partial charge in [0, 0.05) is 5.69 Å². The smallest absolute Gasteiger partial charge is 0.273 e. The van der Waals surface area contributed by atoms with Crippen LogP contribution >= 0.6 is 23.8 Å². The first-order valence-electron chi connectivity index (χ1n) is 7.03. The van der Waals surface area contributed by atoms with Crippen molar-refractivity contribution >= 4 is 52.5 Å². The molecule has 0 aliphatic carbocycles. The summed E-state index contributed by atoms with van der Waals surface area (Å²) in [6.45, 7) is 0. The minimum atomic E-state index is -0.302. The molecule has 120 valence electrons. The maximum Gasteiger partial charge on any atom is 0.273 e. The Hall–Kier alpha value is -2.70. The number of halogens is 1. The Balaban J connectivity index is 1.80. The van der Waals surface area contributed by atoms with Crippen LogP contribution in [0.3, 0.4) is 0 Å². The summed E-state index contributed by atoms with van der Waals surface area (Å²) in [7, 11) is 0. The number of rotatable bonds is 3. The zero-order chi connectivity index (χ0) is 17.1. The SMILES string of the molecule is O=C1NC(=S)N/C1=C\c1cccc(NC(=O)c2ccccc2Cl)c1. The molecule has 1 heterocycles. The molecule has 24 heavy (non-hydrogen) atoms. The fourth-order valence-electron chi connectivity index (χ4n) is 2.20. The summed E-state index contributed by atoms with van der Waals surface area (Å²) in [6.07, 6.45) is 1.65. The minimum absolute atomic E-state index is 0.273. The molecular formula is C17H12ClN3O2S. The highest BCUT2D eigenvalue weighted by Crippen LogP contribution is 2.19. The van der Waals surface area contributed by atoms with Gasteiger partial charge >= 0.3 is 0 Å². The summed E-state index contributed by atoms with van der Waals surface area (Å²) in [6, 6.07) is 13.9. The fourth-order valence-corrected chi connectivity index (χ4v) is 2.62. The van der Waals surface area contributed by atoms with Gasteiger partial charge in [-0.05, 0) is 48.1 Å². The van der Waals surface area contributed by atoms with E-state index >= 15 is 0 Å². The van der Waals surface area contributed by atoms with Crippen molar-refractivity contribution in [2.24, 2.45) is 0 Å². The molecule has 1 fully saturated rings. The van der Waals surface area contributed by atoms with Gasteiger partial charge in [0.25, 0.3) is 11.8 Å². The van der Waals surface area contributed by atoms with Gasteiger partial charge in [0.15, 0.2) is 5.11 Å². The third-order valence-electron chi connectivity index (χ3n) is 3.29. The lowest BCUT2D eigenvalue weighted by Gasteiger charge is -2.07. The molecule has 3 rings (SSSR count). The summed E-state index contributed by atoms with van der Waals surface area (Å²) in [5.74, 6) is -0.589. The van der Waals surface area contributed by atoms with Gasteiger partial charge < -0.3 is 10.6 Å². The monoisotopic (exact) mass is 357 g/mol. The van der Waals surface area contributed by atoms with Crippen LogP contribution in [0, 0.1) is 0 Å². The molecule has 0 radical (unpaired) electrons. The van der Waals surface area contributed by atoms with Crippen molar-refractivity contribution < 1.29 is 9.59 Å². The Morgan fingerprint density at radius 1 is 1.12 bits per heavy atom. The van der Waals surface area contributed by atoms with E-state index in [0.717, 1.165) is 5.56 Å². The molecule has 0 unspecified atom stereocenters. The standard InChI is InChI=1S/C17H12ClN3O2S/c18-13-7-2-1-6-12(13)15(22)19-11-5-3-4-10(8-11)9-14-16(23)21-17(24)20-14/h1-9H,(H,19,22)(H2,20,21,23,24)/b14-9-. The number of anilines is 1. The lowest BCUT2D eigenvalue weighted by Crippen LogP contribution is -2.21. The second-order valence-corrected chi connectivity index (χ2v) is 5.84. The fraction of sp³-hybridized carbons (Fsp3) is 0. The van der Waals surface area contributed by atoms with Gasteiger partial charge in [0.1, 0.15) is 5.70 Å². The summed E-state index contributed by atoms with van der Waals surface area (Å²) in [4.78, 5) is 23.9. The summed E-state index contributed by atoms with van der Waals surface area (Å²) in [5.41, 5.74) is 2.09. The van der Waals surface area contributed by atoms with E-state index in [9.17, 15) is 9.59 Å². The summed E-state index contributed by atoms with van der Waals surface area (Å²) < 4.78 is 0. The third kappa shape index (κ3) is 3.61. The van der Waals surface area contributed by atoms with Crippen molar-refractivity contribution in [1.29, 1.82) is 0 Å². The Morgan fingerprint density at radius 2 is 1.92 bits per heavy atom. The van der Waals surface area contributed by atoms with Crippen LogP contribution in [-0.2, 0) is 4.79 Å². The largest absolute Gasteiger partial charge is 0.328 e. The van der Waals surface area contributed by atoms with Crippen LogP contribution in [0.5, 0.6) is 0 Å². The van der Waals surface area contributed by atoms with E-state index in [4.69, 9.17) is 23.8 Å². The second-order valence-electron chi connectivity index (χ2n) is 5.03. The highest BCUT2D eigenvalue weighted by Gasteiger charge is 2.19. The molecular weight excluding hydrogens is 346 g/mol. The van der Waals surface area contributed by atoms with Gasteiger partial charge in [-0.25, -0.2) is 0 Å². The number of thiocarbonyl (C=S) groups is 1. The van der Waals surface area contributed by atoms with Gasteiger partial charge in [-0.3, -0.25) is 14.9 Å².